The van der Waals surface area contributed by atoms with Crippen molar-refractivity contribution in [2.24, 2.45) is 0 Å². The number of thiophene rings is 1. The zero-order valence-corrected chi connectivity index (χ0v) is 13.7. The number of hydrogen-bond acceptors (Lipinski definition) is 3. The molecule has 0 fully saturated rings. The molecule has 1 atom stereocenters. The molecule has 112 valence electrons. The van der Waals surface area contributed by atoms with Crippen LogP contribution in [0.5, 0.6) is 0 Å². The summed E-state index contributed by atoms with van der Waals surface area (Å²) in [5, 5.41) is 5.31. The predicted molar refractivity (Wildman–Crippen MR) is 89.3 cm³/mol. The smallest absolute Gasteiger partial charge is 0.262 e. The lowest BCUT2D eigenvalue weighted by molar-refractivity contribution is 0.0946. The van der Waals surface area contributed by atoms with E-state index in [2.05, 4.69) is 22.3 Å². The van der Waals surface area contributed by atoms with Gasteiger partial charge >= 0.3 is 0 Å². The molecular formula is C16H19ClN2OS. The first-order valence-corrected chi connectivity index (χ1v) is 8.05. The van der Waals surface area contributed by atoms with Gasteiger partial charge in [0, 0.05) is 12.6 Å². The van der Waals surface area contributed by atoms with Gasteiger partial charge in [0.2, 0.25) is 0 Å². The van der Waals surface area contributed by atoms with E-state index in [1.807, 2.05) is 37.7 Å². The molecule has 0 saturated carbocycles. The molecular weight excluding hydrogens is 304 g/mol. The summed E-state index contributed by atoms with van der Waals surface area (Å²) in [7, 11) is 4.05. The first-order chi connectivity index (χ1) is 10.1. The molecule has 1 unspecified atom stereocenters. The number of nitrogens with zero attached hydrogens (tertiary/aromatic N) is 1. The van der Waals surface area contributed by atoms with Crippen LogP contribution in [0.15, 0.2) is 41.8 Å². The first kappa shape index (κ1) is 16.0. The highest BCUT2D eigenvalue weighted by Crippen LogP contribution is 2.21. The van der Waals surface area contributed by atoms with Gasteiger partial charge in [0.05, 0.1) is 5.02 Å². The fourth-order valence-electron chi connectivity index (χ4n) is 2.07. The third-order valence-corrected chi connectivity index (χ3v) is 4.71. The minimum atomic E-state index is -0.102. The number of nitrogens with one attached hydrogen (secondary N) is 1. The lowest BCUT2D eigenvalue weighted by Gasteiger charge is -2.24. The molecule has 1 N–H and O–H groups in total. The van der Waals surface area contributed by atoms with Crippen molar-refractivity contribution in [2.75, 3.05) is 20.6 Å². The predicted octanol–water partition coefficient (Wildman–Crippen LogP) is 3.30. The molecule has 2 rings (SSSR count). The fraction of sp³-hybridized carbons (Fsp3) is 0.312. The van der Waals surface area contributed by atoms with Gasteiger partial charge in [-0.15, -0.1) is 11.3 Å². The van der Waals surface area contributed by atoms with Gasteiger partial charge in [0.1, 0.15) is 4.88 Å². The van der Waals surface area contributed by atoms with Crippen molar-refractivity contribution >= 4 is 28.8 Å². The Balaban J connectivity index is 1.95. The number of halogens is 1. The number of likely N-dealkylation sites (N-methyl/N-ethyl adjacent to an activating group) is 1. The summed E-state index contributed by atoms with van der Waals surface area (Å²) in [6.45, 7) is 0.592. The lowest BCUT2D eigenvalue weighted by Crippen LogP contribution is -2.41. The SMILES string of the molecule is CN(C)C(CNC(=O)c1sccc1Cl)Cc1ccccc1. The van der Waals surface area contributed by atoms with E-state index in [0.717, 1.165) is 6.42 Å². The van der Waals surface area contributed by atoms with E-state index in [0.29, 0.717) is 16.4 Å². The quantitative estimate of drug-likeness (QED) is 0.885. The number of amides is 1. The second-order valence-corrected chi connectivity index (χ2v) is 6.44. The summed E-state index contributed by atoms with van der Waals surface area (Å²) < 4.78 is 0. The zero-order valence-electron chi connectivity index (χ0n) is 12.2. The van der Waals surface area contributed by atoms with Crippen molar-refractivity contribution in [1.82, 2.24) is 10.2 Å². The highest BCUT2D eigenvalue weighted by atomic mass is 35.5. The fourth-order valence-corrected chi connectivity index (χ4v) is 3.13. The Kier molecular flexibility index (Phi) is 5.79. The van der Waals surface area contributed by atoms with Crippen LogP contribution < -0.4 is 5.32 Å². The number of rotatable bonds is 6. The van der Waals surface area contributed by atoms with Gasteiger partial charge in [0.25, 0.3) is 5.91 Å². The summed E-state index contributed by atoms with van der Waals surface area (Å²) in [6.07, 6.45) is 0.895. The molecule has 5 heteroatoms. The Hall–Kier alpha value is -1.36. The molecule has 0 aliphatic carbocycles. The summed E-state index contributed by atoms with van der Waals surface area (Å²) >= 11 is 7.35. The van der Waals surface area contributed by atoms with Gasteiger partial charge in [-0.2, -0.15) is 0 Å². The van der Waals surface area contributed by atoms with Crippen LogP contribution in [0.2, 0.25) is 5.02 Å². The van der Waals surface area contributed by atoms with Gasteiger partial charge < -0.3 is 10.2 Å². The van der Waals surface area contributed by atoms with Gasteiger partial charge in [-0.05, 0) is 37.5 Å². The van der Waals surface area contributed by atoms with Crippen LogP contribution in [0.3, 0.4) is 0 Å². The van der Waals surface area contributed by atoms with Crippen molar-refractivity contribution in [1.29, 1.82) is 0 Å². The number of carbonyl (C=O) groups excluding carboxylic acids is 1. The van der Waals surface area contributed by atoms with Crippen molar-refractivity contribution < 1.29 is 4.79 Å². The molecule has 0 aliphatic rings. The minimum absolute atomic E-state index is 0.102. The molecule has 0 spiro atoms. The Morgan fingerprint density at radius 2 is 2.00 bits per heavy atom. The largest absolute Gasteiger partial charge is 0.350 e. The van der Waals surface area contributed by atoms with Crippen molar-refractivity contribution in [3.63, 3.8) is 0 Å². The average molecular weight is 323 g/mol. The summed E-state index contributed by atoms with van der Waals surface area (Å²) in [5.41, 5.74) is 1.26. The maximum Gasteiger partial charge on any atom is 0.262 e. The maximum atomic E-state index is 12.1. The molecule has 3 nitrogen and oxygen atoms in total. The second-order valence-electron chi connectivity index (χ2n) is 5.11. The highest BCUT2D eigenvalue weighted by Gasteiger charge is 2.16. The molecule has 21 heavy (non-hydrogen) atoms. The topological polar surface area (TPSA) is 32.3 Å². The van der Waals surface area contributed by atoms with E-state index in [4.69, 9.17) is 11.6 Å². The zero-order chi connectivity index (χ0) is 15.2. The molecule has 1 amide bonds. The van der Waals surface area contributed by atoms with Gasteiger partial charge in [-0.1, -0.05) is 41.9 Å². The molecule has 0 bridgehead atoms. The Bertz CT molecular complexity index is 583. The minimum Gasteiger partial charge on any atom is -0.350 e. The van der Waals surface area contributed by atoms with E-state index in [9.17, 15) is 4.79 Å². The Morgan fingerprint density at radius 1 is 1.29 bits per heavy atom. The molecule has 0 saturated heterocycles. The van der Waals surface area contributed by atoms with E-state index in [1.165, 1.54) is 16.9 Å². The molecule has 0 radical (unpaired) electrons. The van der Waals surface area contributed by atoms with Crippen LogP contribution in [0.25, 0.3) is 0 Å². The van der Waals surface area contributed by atoms with E-state index >= 15 is 0 Å². The van der Waals surface area contributed by atoms with Crippen LogP contribution in [0, 0.1) is 0 Å². The van der Waals surface area contributed by atoms with Crippen LogP contribution in [-0.4, -0.2) is 37.5 Å². The molecule has 1 aromatic carbocycles. The third-order valence-electron chi connectivity index (χ3n) is 3.37. The second kappa shape index (κ2) is 7.59. The number of hydrogen-bond donors (Lipinski definition) is 1. The van der Waals surface area contributed by atoms with E-state index in [1.54, 1.807) is 6.07 Å². The van der Waals surface area contributed by atoms with Gasteiger partial charge in [-0.3, -0.25) is 4.79 Å². The molecule has 1 heterocycles. The summed E-state index contributed by atoms with van der Waals surface area (Å²) in [5.74, 6) is -0.102. The first-order valence-electron chi connectivity index (χ1n) is 6.79. The summed E-state index contributed by atoms with van der Waals surface area (Å²) in [6, 6.07) is 12.3. The van der Waals surface area contributed by atoms with Crippen LogP contribution in [0.1, 0.15) is 15.2 Å². The lowest BCUT2D eigenvalue weighted by atomic mass is 10.1. The number of carbonyl (C=O) groups is 1. The van der Waals surface area contributed by atoms with Crippen LogP contribution in [0.4, 0.5) is 0 Å². The normalized spacial score (nSPS) is 12.4. The monoisotopic (exact) mass is 322 g/mol. The maximum absolute atomic E-state index is 12.1. The van der Waals surface area contributed by atoms with Crippen molar-refractivity contribution in [2.45, 2.75) is 12.5 Å². The van der Waals surface area contributed by atoms with Gasteiger partial charge in [0.15, 0.2) is 0 Å². The number of benzene rings is 1. The van der Waals surface area contributed by atoms with Crippen LogP contribution in [-0.2, 0) is 6.42 Å². The van der Waals surface area contributed by atoms with E-state index in [-0.39, 0.29) is 11.9 Å². The standard InChI is InChI=1S/C16H19ClN2OS/c1-19(2)13(10-12-6-4-3-5-7-12)11-18-16(20)15-14(17)8-9-21-15/h3-9,13H,10-11H2,1-2H3,(H,18,20). The van der Waals surface area contributed by atoms with Crippen molar-refractivity contribution in [3.8, 4) is 0 Å². The Labute approximate surface area is 134 Å². The molecule has 2 aromatic rings. The third kappa shape index (κ3) is 4.56. The molecule has 0 aliphatic heterocycles. The Morgan fingerprint density at radius 3 is 2.57 bits per heavy atom. The van der Waals surface area contributed by atoms with Crippen molar-refractivity contribution in [3.05, 3.63) is 57.2 Å². The van der Waals surface area contributed by atoms with E-state index < -0.39 is 0 Å². The van der Waals surface area contributed by atoms with Gasteiger partial charge in [-0.25, -0.2) is 0 Å². The summed E-state index contributed by atoms with van der Waals surface area (Å²) in [4.78, 5) is 14.8. The average Bonchev–Trinajstić information content (AvgIpc) is 2.90. The van der Waals surface area contributed by atoms with Crippen LogP contribution >= 0.6 is 22.9 Å². The highest BCUT2D eigenvalue weighted by molar-refractivity contribution is 7.12. The molecule has 1 aromatic heterocycles.